The van der Waals surface area contributed by atoms with Crippen molar-refractivity contribution in [2.45, 2.75) is 19.4 Å². The van der Waals surface area contributed by atoms with Crippen molar-refractivity contribution in [2.75, 3.05) is 0 Å². The largest absolute Gasteiger partial charge is 0.352 e. The number of hydrogen-bond acceptors (Lipinski definition) is 3. The Kier molecular flexibility index (Phi) is 5.63. The number of carbonyl (C=O) groups excluding carboxylic acids is 2. The SMILES string of the molecule is O=C(CCC(=O)c1ccc(Br)cc1)NCc1ccncc1. The molecule has 0 radical (unpaired) electrons. The number of halogens is 1. The average molecular weight is 347 g/mol. The van der Waals surface area contributed by atoms with Gasteiger partial charge in [0.2, 0.25) is 5.91 Å². The van der Waals surface area contributed by atoms with Crippen LogP contribution in [0.25, 0.3) is 0 Å². The monoisotopic (exact) mass is 346 g/mol. The average Bonchev–Trinajstić information content (AvgIpc) is 2.52. The number of hydrogen-bond donors (Lipinski definition) is 1. The summed E-state index contributed by atoms with van der Waals surface area (Å²) in [5, 5.41) is 2.79. The molecule has 2 aromatic rings. The lowest BCUT2D eigenvalue weighted by Gasteiger charge is -2.05. The van der Waals surface area contributed by atoms with Crippen LogP contribution in [0, 0.1) is 0 Å². The zero-order valence-corrected chi connectivity index (χ0v) is 13.0. The van der Waals surface area contributed by atoms with Gasteiger partial charge in [0.15, 0.2) is 5.78 Å². The van der Waals surface area contributed by atoms with Crippen LogP contribution in [-0.4, -0.2) is 16.7 Å². The van der Waals surface area contributed by atoms with Crippen LogP contribution in [0.5, 0.6) is 0 Å². The first-order valence-corrected chi connectivity index (χ1v) is 7.39. The second kappa shape index (κ2) is 7.69. The Labute approximate surface area is 131 Å². The lowest BCUT2D eigenvalue weighted by molar-refractivity contribution is -0.121. The van der Waals surface area contributed by atoms with Crippen molar-refractivity contribution in [2.24, 2.45) is 0 Å². The summed E-state index contributed by atoms with van der Waals surface area (Å²) in [4.78, 5) is 27.6. The number of benzene rings is 1. The van der Waals surface area contributed by atoms with E-state index in [2.05, 4.69) is 26.2 Å². The van der Waals surface area contributed by atoms with Gasteiger partial charge in [0.1, 0.15) is 0 Å². The summed E-state index contributed by atoms with van der Waals surface area (Å²) < 4.78 is 0.925. The molecule has 0 aliphatic heterocycles. The molecule has 0 spiro atoms. The van der Waals surface area contributed by atoms with Crippen molar-refractivity contribution < 1.29 is 9.59 Å². The van der Waals surface area contributed by atoms with Gasteiger partial charge in [-0.2, -0.15) is 0 Å². The topological polar surface area (TPSA) is 59.1 Å². The Balaban J connectivity index is 1.76. The Morgan fingerprint density at radius 3 is 2.33 bits per heavy atom. The maximum Gasteiger partial charge on any atom is 0.220 e. The molecule has 1 aromatic carbocycles. The molecular formula is C16H15BrN2O2. The van der Waals surface area contributed by atoms with E-state index >= 15 is 0 Å². The summed E-state index contributed by atoms with van der Waals surface area (Å²) >= 11 is 3.32. The van der Waals surface area contributed by atoms with Crippen LogP contribution < -0.4 is 5.32 Å². The number of nitrogens with one attached hydrogen (secondary N) is 1. The third-order valence-corrected chi connectivity index (χ3v) is 3.51. The van der Waals surface area contributed by atoms with E-state index in [1.165, 1.54) is 0 Å². The quantitative estimate of drug-likeness (QED) is 0.817. The van der Waals surface area contributed by atoms with Gasteiger partial charge in [-0.1, -0.05) is 28.1 Å². The fourth-order valence-electron chi connectivity index (χ4n) is 1.80. The van der Waals surface area contributed by atoms with Crippen molar-refractivity contribution >= 4 is 27.6 Å². The van der Waals surface area contributed by atoms with Gasteiger partial charge in [0.05, 0.1) is 0 Å². The number of pyridine rings is 1. The van der Waals surface area contributed by atoms with E-state index in [9.17, 15) is 9.59 Å². The zero-order valence-electron chi connectivity index (χ0n) is 11.4. The Morgan fingerprint density at radius 1 is 1.00 bits per heavy atom. The Bertz CT molecular complexity index is 612. The smallest absolute Gasteiger partial charge is 0.220 e. The van der Waals surface area contributed by atoms with Gasteiger partial charge < -0.3 is 5.32 Å². The van der Waals surface area contributed by atoms with Crippen LogP contribution >= 0.6 is 15.9 Å². The van der Waals surface area contributed by atoms with Crippen LogP contribution in [0.3, 0.4) is 0 Å². The minimum absolute atomic E-state index is 0.0263. The van der Waals surface area contributed by atoms with Crippen molar-refractivity contribution in [1.82, 2.24) is 10.3 Å². The predicted molar refractivity (Wildman–Crippen MR) is 83.8 cm³/mol. The zero-order chi connectivity index (χ0) is 15.1. The first kappa shape index (κ1) is 15.4. The number of ketones is 1. The lowest BCUT2D eigenvalue weighted by Crippen LogP contribution is -2.23. The predicted octanol–water partition coefficient (Wildman–Crippen LogP) is 3.12. The summed E-state index contributed by atoms with van der Waals surface area (Å²) in [6.45, 7) is 0.452. The van der Waals surface area contributed by atoms with E-state index in [1.54, 1.807) is 24.5 Å². The molecule has 5 heteroatoms. The van der Waals surface area contributed by atoms with Crippen molar-refractivity contribution in [3.05, 3.63) is 64.4 Å². The molecule has 0 saturated carbocycles. The second-order valence-electron chi connectivity index (χ2n) is 4.56. The minimum Gasteiger partial charge on any atom is -0.352 e. The number of amides is 1. The summed E-state index contributed by atoms with van der Waals surface area (Å²) in [6, 6.07) is 10.8. The molecule has 0 saturated heterocycles. The van der Waals surface area contributed by atoms with Crippen molar-refractivity contribution in [3.8, 4) is 0 Å². The highest BCUT2D eigenvalue weighted by Gasteiger charge is 2.09. The first-order chi connectivity index (χ1) is 10.1. The number of Topliss-reactive ketones (excluding diaryl/α,β-unsaturated/α-hetero) is 1. The normalized spacial score (nSPS) is 10.1. The molecule has 2 rings (SSSR count). The summed E-state index contributed by atoms with van der Waals surface area (Å²) in [5.74, 6) is -0.154. The van der Waals surface area contributed by atoms with Crippen molar-refractivity contribution in [3.63, 3.8) is 0 Å². The summed E-state index contributed by atoms with van der Waals surface area (Å²) in [6.07, 6.45) is 3.76. The molecule has 1 N–H and O–H groups in total. The van der Waals surface area contributed by atoms with Crippen LogP contribution in [0.4, 0.5) is 0 Å². The van der Waals surface area contributed by atoms with E-state index in [0.29, 0.717) is 12.1 Å². The lowest BCUT2D eigenvalue weighted by atomic mass is 10.1. The highest BCUT2D eigenvalue weighted by molar-refractivity contribution is 9.10. The molecule has 108 valence electrons. The Morgan fingerprint density at radius 2 is 1.67 bits per heavy atom. The van der Waals surface area contributed by atoms with Crippen LogP contribution in [-0.2, 0) is 11.3 Å². The van der Waals surface area contributed by atoms with E-state index in [0.717, 1.165) is 10.0 Å². The number of aromatic nitrogens is 1. The van der Waals surface area contributed by atoms with Crippen molar-refractivity contribution in [1.29, 1.82) is 0 Å². The Hall–Kier alpha value is -2.01. The molecule has 0 unspecified atom stereocenters. The molecule has 1 amide bonds. The molecular weight excluding hydrogens is 332 g/mol. The maximum absolute atomic E-state index is 11.9. The van der Waals surface area contributed by atoms with Crippen LogP contribution in [0.1, 0.15) is 28.8 Å². The molecule has 0 fully saturated rings. The standard InChI is InChI=1S/C16H15BrN2O2/c17-14-3-1-13(2-4-14)15(20)5-6-16(21)19-11-12-7-9-18-10-8-12/h1-4,7-10H,5-6,11H2,(H,19,21). The van der Waals surface area contributed by atoms with E-state index in [-0.39, 0.29) is 24.5 Å². The first-order valence-electron chi connectivity index (χ1n) is 6.59. The molecule has 0 bridgehead atoms. The van der Waals surface area contributed by atoms with Crippen LogP contribution in [0.15, 0.2) is 53.3 Å². The van der Waals surface area contributed by atoms with Gasteiger partial charge in [-0.25, -0.2) is 0 Å². The van der Waals surface area contributed by atoms with Gasteiger partial charge in [-0.05, 0) is 29.8 Å². The molecule has 0 aliphatic carbocycles. The third kappa shape index (κ3) is 5.11. The molecule has 1 aromatic heterocycles. The number of rotatable bonds is 6. The fourth-order valence-corrected chi connectivity index (χ4v) is 2.06. The van der Waals surface area contributed by atoms with Gasteiger partial charge in [0, 0.05) is 41.8 Å². The van der Waals surface area contributed by atoms with E-state index in [4.69, 9.17) is 0 Å². The van der Waals surface area contributed by atoms with Gasteiger partial charge in [-0.3, -0.25) is 14.6 Å². The third-order valence-electron chi connectivity index (χ3n) is 2.98. The summed E-state index contributed by atoms with van der Waals surface area (Å²) in [5.41, 5.74) is 1.61. The fraction of sp³-hybridized carbons (Fsp3) is 0.188. The van der Waals surface area contributed by atoms with Crippen LogP contribution in [0.2, 0.25) is 0 Å². The number of nitrogens with zero attached hydrogens (tertiary/aromatic N) is 1. The molecule has 1 heterocycles. The molecule has 0 aliphatic rings. The highest BCUT2D eigenvalue weighted by Crippen LogP contribution is 2.12. The number of carbonyl (C=O) groups is 2. The van der Waals surface area contributed by atoms with Gasteiger partial charge >= 0.3 is 0 Å². The second-order valence-corrected chi connectivity index (χ2v) is 5.48. The molecule has 0 atom stereocenters. The van der Waals surface area contributed by atoms with Gasteiger partial charge in [-0.15, -0.1) is 0 Å². The molecule has 21 heavy (non-hydrogen) atoms. The highest BCUT2D eigenvalue weighted by atomic mass is 79.9. The van der Waals surface area contributed by atoms with E-state index in [1.807, 2.05) is 24.3 Å². The maximum atomic E-state index is 11.9. The minimum atomic E-state index is -0.128. The molecule has 4 nitrogen and oxygen atoms in total. The summed E-state index contributed by atoms with van der Waals surface area (Å²) in [7, 11) is 0. The van der Waals surface area contributed by atoms with E-state index < -0.39 is 0 Å². The van der Waals surface area contributed by atoms with Gasteiger partial charge in [0.25, 0.3) is 0 Å².